The maximum atomic E-state index is 5.79. The van der Waals surface area contributed by atoms with E-state index in [0.717, 1.165) is 30.8 Å². The summed E-state index contributed by atoms with van der Waals surface area (Å²) in [6, 6.07) is 9.91. The van der Waals surface area contributed by atoms with Gasteiger partial charge in [-0.15, -0.1) is 0 Å². The van der Waals surface area contributed by atoms with Crippen molar-refractivity contribution in [2.45, 2.75) is 33.6 Å². The lowest BCUT2D eigenvalue weighted by atomic mass is 10.2. The van der Waals surface area contributed by atoms with Crippen LogP contribution >= 0.6 is 0 Å². The fourth-order valence-electron chi connectivity index (χ4n) is 1.82. The van der Waals surface area contributed by atoms with Crippen molar-refractivity contribution in [1.82, 2.24) is 9.97 Å². The molecule has 0 unspecified atom stereocenters. The van der Waals surface area contributed by atoms with E-state index >= 15 is 0 Å². The van der Waals surface area contributed by atoms with E-state index in [9.17, 15) is 0 Å². The molecule has 0 aliphatic heterocycles. The lowest BCUT2D eigenvalue weighted by Gasteiger charge is -2.09. The minimum Gasteiger partial charge on any atom is -0.439 e. The highest BCUT2D eigenvalue weighted by atomic mass is 16.5. The van der Waals surface area contributed by atoms with Crippen molar-refractivity contribution in [2.24, 2.45) is 0 Å². The Balaban J connectivity index is 2.12. The lowest BCUT2D eigenvalue weighted by Crippen LogP contribution is -2.05. The standard InChI is InChI=1S/C16H21N3O/c1-4-10-17-16-18-12(3)11-15(19-16)20-14-8-6-13(5-2)7-9-14/h6-9,11H,4-5,10H2,1-3H3,(H,17,18,19). The summed E-state index contributed by atoms with van der Waals surface area (Å²) in [6.07, 6.45) is 2.06. The maximum absolute atomic E-state index is 5.79. The van der Waals surface area contributed by atoms with Crippen molar-refractivity contribution in [2.75, 3.05) is 11.9 Å². The number of hydrogen-bond acceptors (Lipinski definition) is 4. The molecule has 0 atom stereocenters. The molecule has 1 aromatic carbocycles. The molecule has 0 bridgehead atoms. The van der Waals surface area contributed by atoms with Gasteiger partial charge >= 0.3 is 0 Å². The number of nitrogens with zero attached hydrogens (tertiary/aromatic N) is 2. The lowest BCUT2D eigenvalue weighted by molar-refractivity contribution is 0.461. The van der Waals surface area contributed by atoms with Gasteiger partial charge in [0, 0.05) is 18.3 Å². The predicted octanol–water partition coefficient (Wildman–Crippen LogP) is 3.96. The molecule has 106 valence electrons. The minimum absolute atomic E-state index is 0.570. The van der Waals surface area contributed by atoms with Crippen LogP contribution in [-0.4, -0.2) is 16.5 Å². The van der Waals surface area contributed by atoms with Gasteiger partial charge in [-0.05, 0) is 37.5 Å². The van der Waals surface area contributed by atoms with Crippen LogP contribution in [0.15, 0.2) is 30.3 Å². The van der Waals surface area contributed by atoms with Crippen LogP contribution in [0.4, 0.5) is 5.95 Å². The van der Waals surface area contributed by atoms with Crippen LogP contribution in [0.25, 0.3) is 0 Å². The van der Waals surface area contributed by atoms with Gasteiger partial charge < -0.3 is 10.1 Å². The van der Waals surface area contributed by atoms with E-state index in [1.165, 1.54) is 5.56 Å². The highest BCUT2D eigenvalue weighted by molar-refractivity contribution is 5.34. The van der Waals surface area contributed by atoms with Crippen LogP contribution in [0.3, 0.4) is 0 Å². The van der Waals surface area contributed by atoms with Gasteiger partial charge in [-0.3, -0.25) is 0 Å². The van der Waals surface area contributed by atoms with Crippen LogP contribution in [0.2, 0.25) is 0 Å². The summed E-state index contributed by atoms with van der Waals surface area (Å²) in [5, 5.41) is 3.18. The Kier molecular flexibility index (Phi) is 4.93. The second-order valence-electron chi connectivity index (χ2n) is 4.70. The van der Waals surface area contributed by atoms with Crippen LogP contribution in [0, 0.1) is 6.92 Å². The molecule has 4 heteroatoms. The van der Waals surface area contributed by atoms with Gasteiger partial charge in [-0.25, -0.2) is 4.98 Å². The first kappa shape index (κ1) is 14.3. The number of aryl methyl sites for hydroxylation is 2. The SMILES string of the molecule is CCCNc1nc(C)cc(Oc2ccc(CC)cc2)n1. The zero-order valence-electron chi connectivity index (χ0n) is 12.3. The summed E-state index contributed by atoms with van der Waals surface area (Å²) in [5.74, 6) is 1.98. The van der Waals surface area contributed by atoms with Gasteiger partial charge in [0.25, 0.3) is 0 Å². The Bertz CT molecular complexity index is 552. The summed E-state index contributed by atoms with van der Waals surface area (Å²) < 4.78 is 5.79. The topological polar surface area (TPSA) is 47.0 Å². The molecular weight excluding hydrogens is 250 g/mol. The van der Waals surface area contributed by atoms with Gasteiger partial charge in [0.2, 0.25) is 11.8 Å². The highest BCUT2D eigenvalue weighted by Gasteiger charge is 2.04. The smallest absolute Gasteiger partial charge is 0.226 e. The Labute approximate surface area is 120 Å². The molecule has 2 rings (SSSR count). The molecule has 4 nitrogen and oxygen atoms in total. The van der Waals surface area contributed by atoms with E-state index in [0.29, 0.717) is 11.8 Å². The first-order valence-electron chi connectivity index (χ1n) is 7.07. The van der Waals surface area contributed by atoms with Crippen molar-refractivity contribution >= 4 is 5.95 Å². The molecule has 20 heavy (non-hydrogen) atoms. The van der Waals surface area contributed by atoms with Crippen LogP contribution < -0.4 is 10.1 Å². The second kappa shape index (κ2) is 6.89. The zero-order valence-corrected chi connectivity index (χ0v) is 12.3. The summed E-state index contributed by atoms with van der Waals surface area (Å²) in [7, 11) is 0. The minimum atomic E-state index is 0.570. The van der Waals surface area contributed by atoms with Crippen LogP contribution in [0.1, 0.15) is 31.5 Å². The van der Waals surface area contributed by atoms with Crippen molar-refractivity contribution in [3.05, 3.63) is 41.6 Å². The molecule has 0 saturated heterocycles. The van der Waals surface area contributed by atoms with Crippen molar-refractivity contribution in [1.29, 1.82) is 0 Å². The molecule has 1 heterocycles. The van der Waals surface area contributed by atoms with E-state index in [1.54, 1.807) is 0 Å². The van der Waals surface area contributed by atoms with E-state index in [-0.39, 0.29) is 0 Å². The van der Waals surface area contributed by atoms with E-state index in [2.05, 4.69) is 41.3 Å². The number of hydrogen-bond donors (Lipinski definition) is 1. The quantitative estimate of drug-likeness (QED) is 0.863. The molecular formula is C16H21N3O. The van der Waals surface area contributed by atoms with Gasteiger partial charge in [0.1, 0.15) is 5.75 Å². The predicted molar refractivity (Wildman–Crippen MR) is 81.4 cm³/mol. The highest BCUT2D eigenvalue weighted by Crippen LogP contribution is 2.21. The normalized spacial score (nSPS) is 10.3. The average Bonchev–Trinajstić information content (AvgIpc) is 2.45. The Hall–Kier alpha value is -2.10. The Morgan fingerprint density at radius 2 is 1.85 bits per heavy atom. The summed E-state index contributed by atoms with van der Waals surface area (Å²) >= 11 is 0. The fourth-order valence-corrected chi connectivity index (χ4v) is 1.82. The molecule has 0 aliphatic rings. The molecule has 1 aromatic heterocycles. The third-order valence-corrected chi connectivity index (χ3v) is 2.92. The third-order valence-electron chi connectivity index (χ3n) is 2.92. The zero-order chi connectivity index (χ0) is 14.4. The van der Waals surface area contributed by atoms with Crippen LogP contribution in [-0.2, 0) is 6.42 Å². The van der Waals surface area contributed by atoms with E-state index in [1.807, 2.05) is 25.1 Å². The molecule has 0 aliphatic carbocycles. The number of ether oxygens (including phenoxy) is 1. The molecule has 0 saturated carbocycles. The number of rotatable bonds is 6. The molecule has 2 aromatic rings. The largest absolute Gasteiger partial charge is 0.439 e. The molecule has 0 amide bonds. The number of benzene rings is 1. The van der Waals surface area contributed by atoms with Gasteiger partial charge in [-0.1, -0.05) is 26.0 Å². The number of nitrogens with one attached hydrogen (secondary N) is 1. The van der Waals surface area contributed by atoms with Gasteiger partial charge in [0.15, 0.2) is 0 Å². The number of aromatic nitrogens is 2. The van der Waals surface area contributed by atoms with Crippen LogP contribution in [0.5, 0.6) is 11.6 Å². The number of anilines is 1. The second-order valence-corrected chi connectivity index (χ2v) is 4.70. The maximum Gasteiger partial charge on any atom is 0.226 e. The van der Waals surface area contributed by atoms with E-state index < -0.39 is 0 Å². The van der Waals surface area contributed by atoms with Gasteiger partial charge in [0.05, 0.1) is 0 Å². The van der Waals surface area contributed by atoms with Crippen molar-refractivity contribution in [3.8, 4) is 11.6 Å². The van der Waals surface area contributed by atoms with E-state index in [4.69, 9.17) is 4.74 Å². The summed E-state index contributed by atoms with van der Waals surface area (Å²) in [6.45, 7) is 7.03. The van der Waals surface area contributed by atoms with Gasteiger partial charge in [-0.2, -0.15) is 4.98 Å². The monoisotopic (exact) mass is 271 g/mol. The summed E-state index contributed by atoms with van der Waals surface area (Å²) in [5.41, 5.74) is 2.18. The summed E-state index contributed by atoms with van der Waals surface area (Å²) in [4.78, 5) is 8.70. The first-order valence-corrected chi connectivity index (χ1v) is 7.07. The molecule has 1 N–H and O–H groups in total. The average molecular weight is 271 g/mol. The van der Waals surface area contributed by atoms with Crippen molar-refractivity contribution < 1.29 is 4.74 Å². The van der Waals surface area contributed by atoms with Crippen molar-refractivity contribution in [3.63, 3.8) is 0 Å². The third kappa shape index (κ3) is 3.95. The molecule has 0 radical (unpaired) electrons. The fraction of sp³-hybridized carbons (Fsp3) is 0.375. The Morgan fingerprint density at radius 3 is 2.50 bits per heavy atom. The molecule has 0 spiro atoms. The first-order chi connectivity index (χ1) is 9.71. The Morgan fingerprint density at radius 1 is 1.10 bits per heavy atom. The molecule has 0 fully saturated rings.